The number of nitrogens with two attached hydrogens (primary N) is 2. The van der Waals surface area contributed by atoms with Gasteiger partial charge in [-0.2, -0.15) is 0 Å². The summed E-state index contributed by atoms with van der Waals surface area (Å²) in [5.41, 5.74) is 19.2. The van der Waals surface area contributed by atoms with Gasteiger partial charge in [0.1, 0.15) is 14.1 Å². The van der Waals surface area contributed by atoms with Crippen molar-refractivity contribution in [2.24, 2.45) is 0 Å². The van der Waals surface area contributed by atoms with Crippen LogP contribution in [0.25, 0.3) is 9.81 Å². The average molecular weight is 485 g/mol. The van der Waals surface area contributed by atoms with E-state index in [4.69, 9.17) is 11.5 Å². The van der Waals surface area contributed by atoms with Crippen LogP contribution < -0.4 is 11.5 Å². The van der Waals surface area contributed by atoms with Crippen LogP contribution in [0.15, 0.2) is 96.1 Å². The molecule has 4 N–H and O–H groups in total. The van der Waals surface area contributed by atoms with Crippen molar-refractivity contribution in [3.63, 3.8) is 0 Å². The molecule has 1 heterocycles. The third-order valence-electron chi connectivity index (χ3n) is 4.90. The number of allylic oxidation sites excluding steroid dienone is 8. The highest BCUT2D eigenvalue weighted by molar-refractivity contribution is 8.16. The molecule has 176 valence electrons. The first kappa shape index (κ1) is 25.2. The van der Waals surface area contributed by atoms with E-state index in [0.29, 0.717) is 0 Å². The lowest BCUT2D eigenvalue weighted by Crippen LogP contribution is -2.10. The molecule has 0 fully saturated rings. The van der Waals surface area contributed by atoms with Crippen molar-refractivity contribution in [1.29, 1.82) is 0 Å². The minimum absolute atomic E-state index is 0.771. The molecule has 4 rings (SSSR count). The van der Waals surface area contributed by atoms with E-state index in [1.807, 2.05) is 24.3 Å². The standard InChI is InChI=1S/C25H23N3S.BF4/c1-28(2)23-13-7-17(8-14-23)20-15-24(18-3-9-21(26)10-4-18)29-25(16-20)19-5-11-22(27)12-6-19;2-1(3,4)5/h3-16H,1-2H3,(H3,26,27);/q;-1/p+1. The lowest BCUT2D eigenvalue weighted by Gasteiger charge is -2.19. The number of nitrogen functional groups attached to an aromatic ring is 2. The van der Waals surface area contributed by atoms with E-state index >= 15 is 0 Å². The fraction of sp³-hybridized carbons (Fsp3) is 0.0800. The average Bonchev–Trinajstić information content (AvgIpc) is 2.79. The number of hydrogen-bond acceptors (Lipinski definition) is 3. The van der Waals surface area contributed by atoms with Crippen LogP contribution in [-0.4, -0.2) is 31.6 Å². The van der Waals surface area contributed by atoms with Crippen molar-refractivity contribution in [3.8, 4) is 0 Å². The molecule has 0 saturated heterocycles. The maximum absolute atomic E-state index is 9.75. The third kappa shape index (κ3) is 7.28. The molecule has 1 aliphatic heterocycles. The highest BCUT2D eigenvalue weighted by atomic mass is 32.2. The van der Waals surface area contributed by atoms with Gasteiger partial charge in [0.15, 0.2) is 5.71 Å². The lowest BCUT2D eigenvalue weighted by molar-refractivity contribution is -0.462. The van der Waals surface area contributed by atoms with Crippen LogP contribution >= 0.6 is 11.8 Å². The van der Waals surface area contributed by atoms with Gasteiger partial charge in [-0.1, -0.05) is 36.0 Å². The van der Waals surface area contributed by atoms with Crippen LogP contribution in [0.4, 0.5) is 28.6 Å². The smallest absolute Gasteiger partial charge is 0.418 e. The van der Waals surface area contributed by atoms with Crippen LogP contribution in [0.2, 0.25) is 0 Å². The topological polar surface area (TPSA) is 55.0 Å². The van der Waals surface area contributed by atoms with Gasteiger partial charge in [-0.05, 0) is 70.8 Å². The largest absolute Gasteiger partial charge is 0.673 e. The summed E-state index contributed by atoms with van der Waals surface area (Å²) in [7, 11) is -1.89. The Balaban J connectivity index is 0.000000588. The van der Waals surface area contributed by atoms with Gasteiger partial charge in [-0.15, -0.1) is 0 Å². The Morgan fingerprint density at radius 2 is 1.03 bits per heavy atom. The van der Waals surface area contributed by atoms with Crippen molar-refractivity contribution in [3.05, 3.63) is 107 Å². The van der Waals surface area contributed by atoms with Crippen molar-refractivity contribution in [2.45, 2.75) is 0 Å². The van der Waals surface area contributed by atoms with Crippen LogP contribution in [0.5, 0.6) is 0 Å². The van der Waals surface area contributed by atoms with Gasteiger partial charge in [0, 0.05) is 33.3 Å². The first-order chi connectivity index (χ1) is 16.0. The van der Waals surface area contributed by atoms with Crippen LogP contribution in [0, 0.1) is 0 Å². The van der Waals surface area contributed by atoms with E-state index < -0.39 is 7.25 Å². The second-order valence-electron chi connectivity index (χ2n) is 7.75. The molecule has 0 radical (unpaired) electrons. The van der Waals surface area contributed by atoms with E-state index in [0.717, 1.165) is 22.5 Å². The molecule has 0 amide bonds. The van der Waals surface area contributed by atoms with Gasteiger partial charge in [0.2, 0.25) is 0 Å². The minimum Gasteiger partial charge on any atom is -0.418 e. The molecule has 0 spiro atoms. The number of benzene rings is 2. The number of thioether (sulfide) groups is 1. The first-order valence-corrected chi connectivity index (χ1v) is 11.2. The highest BCUT2D eigenvalue weighted by Gasteiger charge is 2.20. The first-order valence-electron chi connectivity index (χ1n) is 10.3. The Labute approximate surface area is 200 Å². The summed E-state index contributed by atoms with van der Waals surface area (Å²) in [4.78, 5) is 2.40. The van der Waals surface area contributed by atoms with Crippen molar-refractivity contribution >= 4 is 45.9 Å². The number of halogens is 4. The maximum Gasteiger partial charge on any atom is 0.673 e. The number of nitrogens with zero attached hydrogens (tertiary/aromatic N) is 1. The Morgan fingerprint density at radius 3 is 1.38 bits per heavy atom. The molecule has 3 nitrogen and oxygen atoms in total. The molecular weight excluding hydrogens is 461 g/mol. The molecule has 0 aromatic heterocycles. The molecule has 2 aliphatic rings. The summed E-state index contributed by atoms with van der Waals surface area (Å²) in [6.07, 6.45) is 13.2. The zero-order valence-electron chi connectivity index (χ0n) is 18.7. The quantitative estimate of drug-likeness (QED) is 0.224. The van der Waals surface area contributed by atoms with Gasteiger partial charge in [-0.3, -0.25) is 0 Å². The van der Waals surface area contributed by atoms with Gasteiger partial charge in [-0.25, -0.2) is 4.58 Å². The number of rotatable bonds is 2. The Kier molecular flexibility index (Phi) is 7.88. The van der Waals surface area contributed by atoms with Gasteiger partial charge >= 0.3 is 7.25 Å². The molecular formula is C25H24BF4N3S. The Morgan fingerprint density at radius 1 is 0.647 bits per heavy atom. The second-order valence-corrected chi connectivity index (χ2v) is 8.84. The van der Waals surface area contributed by atoms with E-state index in [-0.39, 0.29) is 0 Å². The predicted molar refractivity (Wildman–Crippen MR) is 138 cm³/mol. The molecule has 1 aliphatic carbocycles. The zero-order chi connectivity index (χ0) is 24.9. The Hall–Kier alpha value is -3.46. The molecule has 0 unspecified atom stereocenters. The SMILES string of the molecule is C[N+](C)=C1C=CC(=C2C=C(c3ccc(N)cc3)SC(c3ccc(N)cc3)=C2)C=C1.F[B-](F)(F)F. The molecule has 0 atom stereocenters. The Bertz CT molecular complexity index is 1140. The summed E-state index contributed by atoms with van der Waals surface area (Å²) in [5.74, 6) is 0. The van der Waals surface area contributed by atoms with Gasteiger partial charge in [0.25, 0.3) is 0 Å². The number of hydrogen-bond donors (Lipinski definition) is 2. The van der Waals surface area contributed by atoms with Gasteiger partial charge < -0.3 is 28.7 Å². The predicted octanol–water partition coefficient (Wildman–Crippen LogP) is 6.42. The fourth-order valence-electron chi connectivity index (χ4n) is 3.20. The maximum atomic E-state index is 9.75. The molecule has 34 heavy (non-hydrogen) atoms. The van der Waals surface area contributed by atoms with Gasteiger partial charge in [0.05, 0.1) is 0 Å². The van der Waals surface area contributed by atoms with Crippen molar-refractivity contribution < 1.29 is 21.8 Å². The van der Waals surface area contributed by atoms with Crippen molar-refractivity contribution in [1.82, 2.24) is 0 Å². The van der Waals surface area contributed by atoms with E-state index in [1.165, 1.54) is 26.7 Å². The fourth-order valence-corrected chi connectivity index (χ4v) is 4.32. The number of anilines is 2. The van der Waals surface area contributed by atoms with Crippen molar-refractivity contribution in [2.75, 3.05) is 25.6 Å². The van der Waals surface area contributed by atoms with E-state index in [2.05, 4.69) is 79.4 Å². The summed E-state index contributed by atoms with van der Waals surface area (Å²) in [6, 6.07) is 16.1. The lowest BCUT2D eigenvalue weighted by atomic mass is 9.99. The summed E-state index contributed by atoms with van der Waals surface area (Å²) in [6.45, 7) is 0. The molecule has 0 saturated carbocycles. The molecule has 2 aromatic rings. The monoisotopic (exact) mass is 485 g/mol. The van der Waals surface area contributed by atoms with E-state index in [9.17, 15) is 17.3 Å². The van der Waals surface area contributed by atoms with Crippen LogP contribution in [0.3, 0.4) is 0 Å². The second kappa shape index (κ2) is 10.6. The van der Waals surface area contributed by atoms with Crippen LogP contribution in [0.1, 0.15) is 11.1 Å². The highest BCUT2D eigenvalue weighted by Crippen LogP contribution is 2.45. The normalized spacial score (nSPS) is 15.4. The van der Waals surface area contributed by atoms with Crippen LogP contribution in [-0.2, 0) is 0 Å². The zero-order valence-corrected chi connectivity index (χ0v) is 19.5. The molecule has 9 heteroatoms. The summed E-state index contributed by atoms with van der Waals surface area (Å²) >= 11 is 1.77. The third-order valence-corrected chi connectivity index (χ3v) is 6.05. The van der Waals surface area contributed by atoms with E-state index in [1.54, 1.807) is 11.8 Å². The summed E-state index contributed by atoms with van der Waals surface area (Å²) < 4.78 is 41.1. The molecule has 2 aromatic carbocycles. The molecule has 0 bridgehead atoms. The summed E-state index contributed by atoms with van der Waals surface area (Å²) in [5, 5.41) is 0. The minimum atomic E-state index is -6.00.